The molecule has 0 spiro atoms. The fourth-order valence-corrected chi connectivity index (χ4v) is 2.88. The number of aliphatic hydroxyl groups is 1. The Morgan fingerprint density at radius 1 is 1.50 bits per heavy atom. The van der Waals surface area contributed by atoms with Crippen molar-refractivity contribution in [3.05, 3.63) is 11.4 Å². The smallest absolute Gasteiger partial charge is 0.276 e. The van der Waals surface area contributed by atoms with Crippen molar-refractivity contribution in [2.24, 2.45) is 0 Å². The van der Waals surface area contributed by atoms with E-state index in [0.717, 1.165) is 44.2 Å². The first kappa shape index (κ1) is 14.8. The Kier molecular flexibility index (Phi) is 4.32. The van der Waals surface area contributed by atoms with E-state index in [1.807, 2.05) is 6.92 Å². The van der Waals surface area contributed by atoms with Crippen LogP contribution in [-0.2, 0) is 6.42 Å². The Morgan fingerprint density at radius 2 is 2.15 bits per heavy atom. The van der Waals surface area contributed by atoms with Crippen LogP contribution in [0.15, 0.2) is 0 Å². The largest absolute Gasteiger partial charge is 0.395 e. The number of nitrogens with zero attached hydrogens (tertiary/aromatic N) is 2. The molecule has 0 saturated heterocycles. The number of anilines is 1. The van der Waals surface area contributed by atoms with Gasteiger partial charge in [-0.25, -0.2) is 0 Å². The molecule has 2 rings (SSSR count). The molecule has 1 saturated carbocycles. The molecular weight excluding hydrogens is 256 g/mol. The van der Waals surface area contributed by atoms with Crippen LogP contribution in [-0.4, -0.2) is 45.3 Å². The van der Waals surface area contributed by atoms with Crippen LogP contribution in [0.2, 0.25) is 0 Å². The topological polar surface area (TPSA) is 95.2 Å². The Balaban J connectivity index is 2.06. The molecule has 112 valence electrons. The van der Waals surface area contributed by atoms with E-state index in [-0.39, 0.29) is 11.6 Å². The zero-order valence-corrected chi connectivity index (χ0v) is 12.3. The molecule has 1 aliphatic rings. The van der Waals surface area contributed by atoms with E-state index < -0.39 is 5.60 Å². The van der Waals surface area contributed by atoms with Gasteiger partial charge in [-0.2, -0.15) is 5.10 Å². The summed E-state index contributed by atoms with van der Waals surface area (Å²) in [6, 6.07) is 0. The number of aromatic nitrogens is 2. The van der Waals surface area contributed by atoms with E-state index in [4.69, 9.17) is 5.73 Å². The van der Waals surface area contributed by atoms with Crippen LogP contribution in [0.1, 0.15) is 55.2 Å². The molecule has 6 heteroatoms. The number of likely N-dealkylation sites (N-methyl/N-ethyl adjacent to an activating group) is 1. The monoisotopic (exact) mass is 280 g/mol. The molecule has 0 aliphatic heterocycles. The van der Waals surface area contributed by atoms with E-state index in [1.165, 1.54) is 4.90 Å². The predicted octanol–water partition coefficient (Wildman–Crippen LogP) is 1.32. The first-order chi connectivity index (χ1) is 9.47. The van der Waals surface area contributed by atoms with Crippen molar-refractivity contribution in [2.45, 2.75) is 51.0 Å². The lowest BCUT2D eigenvalue weighted by atomic mass is 10.0. The first-order valence-corrected chi connectivity index (χ1v) is 7.27. The normalized spacial score (nSPS) is 17.4. The number of nitrogens with two attached hydrogens (primary N) is 1. The number of nitrogens with one attached hydrogen (secondary N) is 1. The van der Waals surface area contributed by atoms with Gasteiger partial charge in [0.15, 0.2) is 5.69 Å². The zero-order chi connectivity index (χ0) is 14.8. The van der Waals surface area contributed by atoms with E-state index in [9.17, 15) is 9.90 Å². The maximum absolute atomic E-state index is 12.4. The average Bonchev–Trinajstić information content (AvgIpc) is 2.97. The number of carbonyl (C=O) groups is 1. The second kappa shape index (κ2) is 5.83. The van der Waals surface area contributed by atoms with E-state index in [2.05, 4.69) is 10.2 Å². The van der Waals surface area contributed by atoms with Crippen molar-refractivity contribution in [2.75, 3.05) is 19.3 Å². The van der Waals surface area contributed by atoms with Crippen molar-refractivity contribution in [3.8, 4) is 0 Å². The van der Waals surface area contributed by atoms with Gasteiger partial charge >= 0.3 is 0 Å². The number of aryl methyl sites for hydroxylation is 1. The van der Waals surface area contributed by atoms with Crippen LogP contribution in [0.3, 0.4) is 0 Å². The van der Waals surface area contributed by atoms with Crippen LogP contribution in [0.4, 0.5) is 5.69 Å². The number of aromatic amines is 1. The van der Waals surface area contributed by atoms with Gasteiger partial charge in [-0.15, -0.1) is 0 Å². The number of hydrogen-bond donors (Lipinski definition) is 3. The lowest BCUT2D eigenvalue weighted by molar-refractivity contribution is 0.0155. The van der Waals surface area contributed by atoms with Crippen molar-refractivity contribution in [1.82, 2.24) is 15.1 Å². The van der Waals surface area contributed by atoms with Gasteiger partial charge in [0, 0.05) is 13.6 Å². The highest BCUT2D eigenvalue weighted by molar-refractivity contribution is 5.97. The van der Waals surface area contributed by atoms with Gasteiger partial charge in [0.2, 0.25) is 0 Å². The molecule has 6 nitrogen and oxygen atoms in total. The number of amides is 1. The average molecular weight is 280 g/mol. The van der Waals surface area contributed by atoms with Crippen molar-refractivity contribution in [1.29, 1.82) is 0 Å². The molecule has 4 N–H and O–H groups in total. The maximum atomic E-state index is 12.4. The zero-order valence-electron chi connectivity index (χ0n) is 12.3. The highest BCUT2D eigenvalue weighted by atomic mass is 16.3. The molecule has 0 bridgehead atoms. The van der Waals surface area contributed by atoms with Gasteiger partial charge in [0.05, 0.1) is 17.0 Å². The van der Waals surface area contributed by atoms with Crippen LogP contribution >= 0.6 is 0 Å². The summed E-state index contributed by atoms with van der Waals surface area (Å²) in [5, 5.41) is 17.2. The molecule has 0 aromatic carbocycles. The third kappa shape index (κ3) is 2.95. The van der Waals surface area contributed by atoms with E-state index >= 15 is 0 Å². The highest BCUT2D eigenvalue weighted by Gasteiger charge is 2.34. The molecule has 1 aliphatic carbocycles. The molecule has 1 aromatic rings. The molecule has 0 unspecified atom stereocenters. The standard InChI is InChI=1S/C14H24N4O2/c1-3-6-10-11(15)12(17-16-10)13(19)18(2)9-14(20)7-4-5-8-14/h20H,3-9,15H2,1-2H3,(H,16,17). The third-order valence-electron chi connectivity index (χ3n) is 4.00. The lowest BCUT2D eigenvalue weighted by Crippen LogP contribution is -2.42. The second-order valence-corrected chi connectivity index (χ2v) is 5.81. The second-order valence-electron chi connectivity index (χ2n) is 5.81. The lowest BCUT2D eigenvalue weighted by Gasteiger charge is -2.28. The van der Waals surface area contributed by atoms with Crippen molar-refractivity contribution in [3.63, 3.8) is 0 Å². The fourth-order valence-electron chi connectivity index (χ4n) is 2.88. The summed E-state index contributed by atoms with van der Waals surface area (Å²) in [6.07, 6.45) is 5.26. The van der Waals surface area contributed by atoms with Crippen LogP contribution in [0.25, 0.3) is 0 Å². The minimum atomic E-state index is -0.748. The summed E-state index contributed by atoms with van der Waals surface area (Å²) >= 11 is 0. The van der Waals surface area contributed by atoms with Gasteiger partial charge in [-0.05, 0) is 19.3 Å². The van der Waals surface area contributed by atoms with Gasteiger partial charge < -0.3 is 15.7 Å². The minimum Gasteiger partial charge on any atom is -0.395 e. The fraction of sp³-hybridized carbons (Fsp3) is 0.714. The van der Waals surface area contributed by atoms with Crippen LogP contribution in [0, 0.1) is 0 Å². The third-order valence-corrected chi connectivity index (χ3v) is 4.00. The molecule has 1 amide bonds. The number of hydrogen-bond acceptors (Lipinski definition) is 4. The SMILES string of the molecule is CCCc1[nH]nc(C(=O)N(C)CC2(O)CCCC2)c1N. The van der Waals surface area contributed by atoms with Gasteiger partial charge in [0.1, 0.15) is 0 Å². The molecule has 0 atom stereocenters. The maximum Gasteiger partial charge on any atom is 0.276 e. The Morgan fingerprint density at radius 3 is 2.75 bits per heavy atom. The number of carbonyl (C=O) groups excluding carboxylic acids is 1. The van der Waals surface area contributed by atoms with Crippen molar-refractivity contribution >= 4 is 11.6 Å². The van der Waals surface area contributed by atoms with Gasteiger partial charge in [-0.3, -0.25) is 9.89 Å². The summed E-state index contributed by atoms with van der Waals surface area (Å²) in [7, 11) is 1.69. The summed E-state index contributed by atoms with van der Waals surface area (Å²) < 4.78 is 0. The quantitative estimate of drug-likeness (QED) is 0.758. The first-order valence-electron chi connectivity index (χ1n) is 7.27. The minimum absolute atomic E-state index is 0.235. The predicted molar refractivity (Wildman–Crippen MR) is 77.4 cm³/mol. The van der Waals surface area contributed by atoms with Gasteiger partial charge in [-0.1, -0.05) is 26.2 Å². The summed E-state index contributed by atoms with van der Waals surface area (Å²) in [5.41, 5.74) is 6.72. The molecule has 1 fully saturated rings. The summed E-state index contributed by atoms with van der Waals surface area (Å²) in [6.45, 7) is 2.38. The van der Waals surface area contributed by atoms with E-state index in [1.54, 1.807) is 7.05 Å². The Hall–Kier alpha value is -1.56. The van der Waals surface area contributed by atoms with Gasteiger partial charge in [0.25, 0.3) is 5.91 Å². The molecule has 1 aromatic heterocycles. The highest BCUT2D eigenvalue weighted by Crippen LogP contribution is 2.30. The summed E-state index contributed by atoms with van der Waals surface area (Å²) in [4.78, 5) is 13.9. The molecular formula is C14H24N4O2. The number of H-pyrrole nitrogens is 1. The Bertz CT molecular complexity index is 478. The molecule has 1 heterocycles. The van der Waals surface area contributed by atoms with Crippen LogP contribution in [0.5, 0.6) is 0 Å². The van der Waals surface area contributed by atoms with Crippen molar-refractivity contribution < 1.29 is 9.90 Å². The number of nitrogen functional groups attached to an aromatic ring is 1. The number of rotatable bonds is 5. The van der Waals surface area contributed by atoms with Crippen LogP contribution < -0.4 is 5.73 Å². The van der Waals surface area contributed by atoms with E-state index in [0.29, 0.717) is 12.2 Å². The summed E-state index contributed by atoms with van der Waals surface area (Å²) in [5.74, 6) is -0.235. The Labute approximate surface area is 119 Å². The molecule has 0 radical (unpaired) electrons. The molecule has 20 heavy (non-hydrogen) atoms.